The molecule has 0 radical (unpaired) electrons. The average molecular weight is 1700 g/mol. The average Bonchev–Trinajstić information content (AvgIpc) is 1.63. The van der Waals surface area contributed by atoms with Crippen LogP contribution in [-0.4, -0.2) is 159 Å². The number of hydrogen-bond donors (Lipinski definition) is 8. The highest BCUT2D eigenvalue weighted by Crippen LogP contribution is 2.34. The van der Waals surface area contributed by atoms with Crippen LogP contribution in [0.5, 0.6) is 0 Å². The fraction of sp³-hybridized carbons (Fsp3) is 0.427. The van der Waals surface area contributed by atoms with Crippen LogP contribution in [0.2, 0.25) is 0 Å². The number of nitrogen functional groups attached to an aromatic ring is 1. The summed E-state index contributed by atoms with van der Waals surface area (Å²) < 4.78 is 21.3. The molecule has 0 saturated heterocycles. The van der Waals surface area contributed by atoms with Crippen LogP contribution in [0.25, 0.3) is 18.2 Å². The van der Waals surface area contributed by atoms with Gasteiger partial charge in [-0.15, -0.1) is 0 Å². The number of carbonyl (C=O) groups is 9. The molecule has 4 heterocycles. The molecule has 0 atom stereocenters. The Hall–Kier alpha value is -12.8. The van der Waals surface area contributed by atoms with Gasteiger partial charge < -0.3 is 66.2 Å². The Morgan fingerprint density at radius 3 is 1.35 bits per heavy atom. The van der Waals surface area contributed by atoms with Crippen molar-refractivity contribution < 1.29 is 67.2 Å². The van der Waals surface area contributed by atoms with Crippen molar-refractivity contribution in [3.63, 3.8) is 0 Å². The van der Waals surface area contributed by atoms with E-state index in [0.717, 1.165) is 91.2 Å². The SMILES string of the molecule is CC(C)(C)OC(=O)CCc1ccccc1N.CCCN(CCC)C(=O)C1=Cc2ccc(C(=O)Nc3ccccc3CNC(=O)OC(C)(C)C)cc2N=C(NC(=O)OC(C)(C)C)C1.CCCN(CCC)C(=O)C1=Cc2ccc(C(=O)O)cc2N=C(NC(=O)OC(C)(C)C)C1.CCCN(CCC)C(=O)C1=Cc2ccc(C3=NCc4ccccc4N3)cc2N=C(N)C1. The summed E-state index contributed by atoms with van der Waals surface area (Å²) in [5.74, 6) is -0.146. The van der Waals surface area contributed by atoms with Crippen LogP contribution in [-0.2, 0) is 57.6 Å². The summed E-state index contributed by atoms with van der Waals surface area (Å²) in [5.41, 5.74) is 21.4. The highest BCUT2D eigenvalue weighted by Gasteiger charge is 2.30. The minimum Gasteiger partial charge on any atom is -0.478 e. The number of aromatic carboxylic acids is 1. The molecule has 10 rings (SSSR count). The lowest BCUT2D eigenvalue weighted by molar-refractivity contribution is -0.154. The van der Waals surface area contributed by atoms with Crippen molar-refractivity contribution in [2.45, 2.75) is 231 Å². The predicted octanol–water partition coefficient (Wildman–Crippen LogP) is 18.4. The van der Waals surface area contributed by atoms with Crippen molar-refractivity contribution in [1.82, 2.24) is 30.7 Å². The van der Waals surface area contributed by atoms with E-state index in [0.29, 0.717) is 114 Å². The van der Waals surface area contributed by atoms with Crippen LogP contribution in [0.3, 0.4) is 0 Å². The molecule has 0 spiro atoms. The molecule has 28 heteroatoms. The van der Waals surface area contributed by atoms with Crippen molar-refractivity contribution in [1.29, 1.82) is 0 Å². The zero-order chi connectivity index (χ0) is 91.2. The third-order valence-corrected chi connectivity index (χ3v) is 18.5. The van der Waals surface area contributed by atoms with Crippen LogP contribution in [0.4, 0.5) is 48.5 Å². The molecular formula is C96H126N14O14. The quantitative estimate of drug-likeness (QED) is 0.0158. The number of rotatable bonds is 24. The van der Waals surface area contributed by atoms with E-state index in [-0.39, 0.29) is 60.3 Å². The van der Waals surface area contributed by atoms with Gasteiger partial charge >= 0.3 is 30.2 Å². The van der Waals surface area contributed by atoms with Crippen molar-refractivity contribution in [2.24, 2.45) is 25.7 Å². The summed E-state index contributed by atoms with van der Waals surface area (Å²) >= 11 is 0. The lowest BCUT2D eigenvalue weighted by Gasteiger charge is -2.23. The third-order valence-electron chi connectivity index (χ3n) is 18.5. The highest BCUT2D eigenvalue weighted by atomic mass is 16.6. The van der Waals surface area contributed by atoms with Gasteiger partial charge in [0.05, 0.1) is 29.2 Å². The number of benzene rings is 6. The number of aryl methyl sites for hydroxylation is 1. The number of ether oxygens (including phenoxy) is 4. The minimum atomic E-state index is -1.08. The summed E-state index contributed by atoms with van der Waals surface area (Å²) in [6.45, 7) is 38.5. The molecular weight excluding hydrogens is 1570 g/mol. The molecule has 0 bridgehead atoms. The number of para-hydroxylation sites is 3. The van der Waals surface area contributed by atoms with E-state index in [1.165, 1.54) is 17.7 Å². The van der Waals surface area contributed by atoms with Crippen LogP contribution >= 0.6 is 0 Å². The Labute approximate surface area is 730 Å². The number of nitrogens with zero attached hydrogens (tertiary/aromatic N) is 7. The number of anilines is 3. The number of carboxylic acid groups (broad SMARTS) is 1. The second kappa shape index (κ2) is 45.9. The molecule has 4 aliphatic rings. The summed E-state index contributed by atoms with van der Waals surface area (Å²) in [5, 5.41) is 23.7. The van der Waals surface area contributed by atoms with Gasteiger partial charge in [-0.3, -0.25) is 39.6 Å². The first-order chi connectivity index (χ1) is 58.6. The Morgan fingerprint density at radius 1 is 0.460 bits per heavy atom. The lowest BCUT2D eigenvalue weighted by Crippen LogP contribution is -2.38. The van der Waals surface area contributed by atoms with Crippen molar-refractivity contribution >= 4 is 130 Å². The number of carboxylic acids is 1. The number of nitrogens with two attached hydrogens (primary N) is 2. The maximum Gasteiger partial charge on any atom is 0.413 e. The standard InChI is InChI=1S/C35H47N5O6.C25H29N5O.C23H31N3O5.C13H19NO2/c1-9-17-40(18-10-2)31(42)26-19-23-15-16-24(20-28(23)37-29(21-26)39-33(44)46-35(6,7)8)30(41)38-27-14-12-11-13-25(27)22-36-32(43)45-34(3,4)5;1-3-11-30(12-4-2)25(31)20-13-17-9-10-18(14-22(17)28-23(26)15-20)24-27-16-19-7-5-6-8-21(19)29-24;1-6-10-26(11-7-2)20(27)17-12-15-8-9-16(21(28)29)13-18(15)24-19(14-17)25-22(30)31-23(3,4)5;1-13(2,3)16-12(15)9-8-10-6-4-5-7-11(10)14/h11-16,19-20H,9-10,17-18,21-22H2,1-8H3,(H,36,43)(H,38,41)(H,37,39,44);5-10,13-14H,3-4,11-12,15-16H2,1-2H3,(H2,26,28)(H,27,29);8-9,12-13H,6-7,10-11,14H2,1-5H3,(H,28,29)(H,24,25,30);4-7H,8-9,14H2,1-3H3. The number of esters is 1. The van der Waals surface area contributed by atoms with Gasteiger partial charge in [0, 0.05) is 133 Å². The van der Waals surface area contributed by atoms with Gasteiger partial charge in [-0.1, -0.05) is 120 Å². The fourth-order valence-corrected chi connectivity index (χ4v) is 13.3. The normalized spacial score (nSPS) is 13.3. The van der Waals surface area contributed by atoms with E-state index in [2.05, 4.69) is 72.5 Å². The fourth-order valence-electron chi connectivity index (χ4n) is 13.3. The van der Waals surface area contributed by atoms with Crippen LogP contribution in [0.1, 0.15) is 248 Å². The summed E-state index contributed by atoms with van der Waals surface area (Å²) in [4.78, 5) is 137. The molecule has 124 heavy (non-hydrogen) atoms. The maximum atomic E-state index is 13.6. The number of aliphatic imine (C=N–C) groups is 4. The zero-order valence-electron chi connectivity index (χ0n) is 75.3. The molecule has 664 valence electrons. The molecule has 7 amide bonds. The van der Waals surface area contributed by atoms with E-state index in [1.807, 2.05) is 120 Å². The first-order valence-electron chi connectivity index (χ1n) is 42.5. The summed E-state index contributed by atoms with van der Waals surface area (Å²) in [6, 6.07) is 38.4. The number of carbonyl (C=O) groups excluding carboxylic acids is 8. The molecule has 6 aromatic carbocycles. The van der Waals surface area contributed by atoms with Crippen molar-refractivity contribution in [2.75, 3.05) is 55.6 Å². The zero-order valence-corrected chi connectivity index (χ0v) is 75.3. The second-order valence-electron chi connectivity index (χ2n) is 34.2. The van der Waals surface area contributed by atoms with Crippen LogP contribution in [0.15, 0.2) is 164 Å². The lowest BCUT2D eigenvalue weighted by atomic mass is 10.0. The number of alkyl carbamates (subject to hydrolysis) is 3. The van der Waals surface area contributed by atoms with Gasteiger partial charge in [0.25, 0.3) is 5.91 Å². The van der Waals surface area contributed by atoms with Gasteiger partial charge in [0.2, 0.25) is 17.7 Å². The van der Waals surface area contributed by atoms with Crippen LogP contribution < -0.4 is 38.1 Å². The molecule has 6 aromatic rings. The Bertz CT molecular complexity index is 5030. The topological polar surface area (TPSA) is 382 Å². The molecule has 0 unspecified atom stereocenters. The third kappa shape index (κ3) is 31.9. The van der Waals surface area contributed by atoms with Gasteiger partial charge in [0.15, 0.2) is 0 Å². The van der Waals surface area contributed by atoms with E-state index in [4.69, 9.17) is 30.4 Å². The largest absolute Gasteiger partial charge is 0.478 e. The first-order valence-corrected chi connectivity index (χ1v) is 42.5. The van der Waals surface area contributed by atoms with Gasteiger partial charge in [0.1, 0.15) is 45.7 Å². The molecule has 4 aliphatic heterocycles. The number of amidine groups is 4. The Kier molecular flexibility index (Phi) is 36.4. The maximum absolute atomic E-state index is 13.6. The molecule has 0 saturated carbocycles. The predicted molar refractivity (Wildman–Crippen MR) is 493 cm³/mol. The van der Waals surface area contributed by atoms with E-state index < -0.39 is 52.6 Å². The summed E-state index contributed by atoms with van der Waals surface area (Å²) in [6.07, 6.45) is 10.2. The molecule has 28 nitrogen and oxygen atoms in total. The molecule has 0 aromatic heterocycles. The molecule has 0 aliphatic carbocycles. The second-order valence-corrected chi connectivity index (χ2v) is 34.2. The first kappa shape index (κ1) is 98.4. The van der Waals surface area contributed by atoms with Crippen molar-refractivity contribution in [3.05, 3.63) is 194 Å². The highest BCUT2D eigenvalue weighted by molar-refractivity contribution is 6.13. The minimum absolute atomic E-state index is 0.0497. The van der Waals surface area contributed by atoms with E-state index in [1.54, 1.807) is 127 Å². The number of amides is 7. The smallest absolute Gasteiger partial charge is 0.413 e. The van der Waals surface area contributed by atoms with E-state index >= 15 is 0 Å². The summed E-state index contributed by atoms with van der Waals surface area (Å²) in [7, 11) is 0. The monoisotopic (exact) mass is 1700 g/mol. The molecule has 10 N–H and O–H groups in total. The van der Waals surface area contributed by atoms with E-state index in [9.17, 15) is 48.3 Å². The number of hydrogen-bond acceptors (Lipinski definition) is 20. The molecule has 0 fully saturated rings. The number of nitrogens with one attached hydrogen (secondary N) is 5. The number of fused-ring (bicyclic) bond motifs is 4. The van der Waals surface area contributed by atoms with Gasteiger partial charge in [-0.05, 0) is 211 Å². The van der Waals surface area contributed by atoms with Gasteiger partial charge in [-0.25, -0.2) is 34.2 Å². The Balaban J connectivity index is 0.000000239. The van der Waals surface area contributed by atoms with Crippen LogP contribution in [0, 0.1) is 0 Å². The Morgan fingerprint density at radius 2 is 0.879 bits per heavy atom. The van der Waals surface area contributed by atoms with Crippen molar-refractivity contribution in [3.8, 4) is 0 Å². The van der Waals surface area contributed by atoms with Gasteiger partial charge in [-0.2, -0.15) is 0 Å².